The summed E-state index contributed by atoms with van der Waals surface area (Å²) in [4.78, 5) is 23.6. The second kappa shape index (κ2) is 6.84. The van der Waals surface area contributed by atoms with E-state index < -0.39 is 18.1 Å². The number of rotatable bonds is 2. The number of Topliss-reactive ketones (excluding diaryl/α,β-unsaturated/α-hetero) is 1. The molecule has 0 saturated heterocycles. The van der Waals surface area contributed by atoms with Crippen molar-refractivity contribution in [2.24, 2.45) is 34.5 Å². The summed E-state index contributed by atoms with van der Waals surface area (Å²) in [5.41, 5.74) is 1.35. The van der Waals surface area contributed by atoms with Gasteiger partial charge in [0.25, 0.3) is 0 Å². The molecule has 0 spiro atoms. The van der Waals surface area contributed by atoms with Gasteiger partial charge < -0.3 is 5.32 Å². The molecule has 6 heteroatoms. The van der Waals surface area contributed by atoms with E-state index in [1.54, 1.807) is 6.92 Å². The number of fused-ring (bicyclic) bond motifs is 5. The topological polar surface area (TPSA) is 46.2 Å². The van der Waals surface area contributed by atoms with Crippen LogP contribution in [0.15, 0.2) is 11.6 Å². The van der Waals surface area contributed by atoms with E-state index in [1.807, 2.05) is 0 Å². The molecule has 0 aromatic carbocycles. The summed E-state index contributed by atoms with van der Waals surface area (Å²) in [6, 6.07) is -0.428. The van der Waals surface area contributed by atoms with Crippen molar-refractivity contribution in [1.29, 1.82) is 0 Å². The molecular weight excluding hydrogens is 379 g/mol. The Hall–Kier alpha value is -1.33. The summed E-state index contributed by atoms with van der Waals surface area (Å²) in [6.45, 7) is 6.34. The van der Waals surface area contributed by atoms with Gasteiger partial charge in [-0.05, 0) is 86.9 Å². The normalized spacial score (nSPS) is 44.2. The van der Waals surface area contributed by atoms with E-state index in [0.29, 0.717) is 36.4 Å². The summed E-state index contributed by atoms with van der Waals surface area (Å²) in [6.07, 6.45) is 4.62. The highest BCUT2D eigenvalue weighted by atomic mass is 19.4. The van der Waals surface area contributed by atoms with Gasteiger partial charge in [0.2, 0.25) is 0 Å². The summed E-state index contributed by atoms with van der Waals surface area (Å²) >= 11 is 0. The third-order valence-electron chi connectivity index (χ3n) is 9.19. The van der Waals surface area contributed by atoms with Crippen LogP contribution < -0.4 is 5.32 Å². The fourth-order valence-electron chi connectivity index (χ4n) is 7.72. The Bertz CT molecular complexity index is 745. The van der Waals surface area contributed by atoms with Gasteiger partial charge in [0.1, 0.15) is 5.78 Å². The summed E-state index contributed by atoms with van der Waals surface area (Å²) < 4.78 is 37.9. The van der Waals surface area contributed by atoms with Crippen LogP contribution in [0.2, 0.25) is 0 Å². The Morgan fingerprint density at radius 2 is 1.79 bits per heavy atom. The van der Waals surface area contributed by atoms with Crippen molar-refractivity contribution >= 4 is 11.7 Å². The summed E-state index contributed by atoms with van der Waals surface area (Å²) in [7, 11) is 0. The molecule has 4 aliphatic carbocycles. The summed E-state index contributed by atoms with van der Waals surface area (Å²) in [5.74, 6) is 0.341. The van der Waals surface area contributed by atoms with Crippen LogP contribution in [0, 0.1) is 34.5 Å². The Balaban J connectivity index is 1.53. The first-order valence-electron chi connectivity index (χ1n) is 11.0. The van der Waals surface area contributed by atoms with Crippen molar-refractivity contribution < 1.29 is 22.8 Å². The second-order valence-corrected chi connectivity index (χ2v) is 10.5. The van der Waals surface area contributed by atoms with Gasteiger partial charge in [-0.1, -0.05) is 25.5 Å². The molecule has 0 aromatic heterocycles. The lowest BCUT2D eigenvalue weighted by atomic mass is 9.47. The molecule has 0 heterocycles. The van der Waals surface area contributed by atoms with Crippen LogP contribution in [0.1, 0.15) is 72.1 Å². The number of nitrogens with one attached hydrogen (secondary N) is 1. The van der Waals surface area contributed by atoms with E-state index >= 15 is 0 Å². The summed E-state index contributed by atoms with van der Waals surface area (Å²) in [5, 5.41) is 2.20. The standard InChI is InChI=1S/C23H32F3NO2/c1-13(28)17-6-7-18-16-5-4-14-12-15(27-20(29)23(24,25)26)8-10-21(14,2)19(16)9-11-22(17,18)3/h4,15-19H,5-12H2,1-3H3,(H,27,29)/t15-,16-,17+,18-,19-,21-,22+/m0/s1. The number of hydrogen-bond acceptors (Lipinski definition) is 2. The van der Waals surface area contributed by atoms with Crippen molar-refractivity contribution in [2.45, 2.75) is 84.4 Å². The predicted octanol–water partition coefficient (Wildman–Crippen LogP) is 5.20. The molecule has 0 aliphatic heterocycles. The maximum atomic E-state index is 12.6. The van der Waals surface area contributed by atoms with Crippen molar-refractivity contribution in [1.82, 2.24) is 5.32 Å². The molecule has 4 rings (SSSR count). The van der Waals surface area contributed by atoms with Crippen LogP contribution in [0.25, 0.3) is 0 Å². The van der Waals surface area contributed by atoms with Gasteiger partial charge in [-0.3, -0.25) is 9.59 Å². The van der Waals surface area contributed by atoms with E-state index in [4.69, 9.17) is 0 Å². The first kappa shape index (κ1) is 20.9. The molecule has 0 aromatic rings. The van der Waals surface area contributed by atoms with Crippen molar-refractivity contribution in [3.63, 3.8) is 0 Å². The molecule has 3 fully saturated rings. The number of amides is 1. The number of hydrogen-bond donors (Lipinski definition) is 1. The average Bonchev–Trinajstić information content (AvgIpc) is 2.98. The van der Waals surface area contributed by atoms with Crippen molar-refractivity contribution in [2.75, 3.05) is 0 Å². The quantitative estimate of drug-likeness (QED) is 0.635. The molecule has 162 valence electrons. The molecule has 1 N–H and O–H groups in total. The van der Waals surface area contributed by atoms with Gasteiger partial charge in [0.15, 0.2) is 0 Å². The second-order valence-electron chi connectivity index (χ2n) is 10.5. The minimum absolute atomic E-state index is 0.0119. The van der Waals surface area contributed by atoms with Gasteiger partial charge in [0, 0.05) is 12.0 Å². The minimum Gasteiger partial charge on any atom is -0.345 e. The monoisotopic (exact) mass is 411 g/mol. The van der Waals surface area contributed by atoms with E-state index in [1.165, 1.54) is 5.57 Å². The van der Waals surface area contributed by atoms with Crippen LogP contribution in [0.5, 0.6) is 0 Å². The first-order chi connectivity index (χ1) is 13.5. The number of halogens is 3. The third kappa shape index (κ3) is 3.25. The number of ketones is 1. The highest BCUT2D eigenvalue weighted by molar-refractivity contribution is 5.82. The van der Waals surface area contributed by atoms with Crippen molar-refractivity contribution in [3.8, 4) is 0 Å². The molecule has 0 unspecified atom stereocenters. The van der Waals surface area contributed by atoms with Crippen LogP contribution in [-0.2, 0) is 9.59 Å². The molecule has 3 saturated carbocycles. The van der Waals surface area contributed by atoms with Gasteiger partial charge >= 0.3 is 12.1 Å². The van der Waals surface area contributed by atoms with E-state index in [-0.39, 0.29) is 16.7 Å². The van der Waals surface area contributed by atoms with Crippen LogP contribution >= 0.6 is 0 Å². The minimum atomic E-state index is -4.82. The molecule has 3 nitrogen and oxygen atoms in total. The predicted molar refractivity (Wildman–Crippen MR) is 104 cm³/mol. The Morgan fingerprint density at radius 1 is 1.07 bits per heavy atom. The maximum absolute atomic E-state index is 12.6. The Labute approximate surface area is 170 Å². The fraction of sp³-hybridized carbons (Fsp3) is 0.826. The largest absolute Gasteiger partial charge is 0.471 e. The molecule has 7 atom stereocenters. The van der Waals surface area contributed by atoms with E-state index in [2.05, 4.69) is 25.2 Å². The molecule has 4 aliphatic rings. The zero-order valence-corrected chi connectivity index (χ0v) is 17.6. The Kier molecular flexibility index (Phi) is 4.94. The lowest BCUT2D eigenvalue weighted by Gasteiger charge is -2.58. The maximum Gasteiger partial charge on any atom is 0.471 e. The highest BCUT2D eigenvalue weighted by Gasteiger charge is 2.59. The van der Waals surface area contributed by atoms with E-state index in [0.717, 1.165) is 38.5 Å². The van der Waals surface area contributed by atoms with Gasteiger partial charge in [-0.25, -0.2) is 0 Å². The SMILES string of the molecule is CC(=O)[C@H]1CC[C@H]2[C@@H]3CC=C4C[C@@H](NC(=O)C(F)(F)F)CC[C@]4(C)[C@H]3CC[C@]12C. The van der Waals surface area contributed by atoms with Crippen molar-refractivity contribution in [3.05, 3.63) is 11.6 Å². The number of carbonyl (C=O) groups excluding carboxylic acids is 2. The lowest BCUT2D eigenvalue weighted by Crippen LogP contribution is -2.53. The van der Waals surface area contributed by atoms with Crippen LogP contribution in [0.3, 0.4) is 0 Å². The number of alkyl halides is 3. The third-order valence-corrected chi connectivity index (χ3v) is 9.19. The van der Waals surface area contributed by atoms with E-state index in [9.17, 15) is 22.8 Å². The van der Waals surface area contributed by atoms with Gasteiger partial charge in [-0.15, -0.1) is 0 Å². The zero-order valence-electron chi connectivity index (χ0n) is 17.6. The number of carbonyl (C=O) groups is 2. The molecule has 1 amide bonds. The lowest BCUT2D eigenvalue weighted by molar-refractivity contribution is -0.174. The molecular formula is C23H32F3NO2. The molecule has 0 radical (unpaired) electrons. The first-order valence-corrected chi connectivity index (χ1v) is 11.0. The van der Waals surface area contributed by atoms with Gasteiger partial charge in [0.05, 0.1) is 0 Å². The number of allylic oxidation sites excluding steroid dienone is 1. The fourth-order valence-corrected chi connectivity index (χ4v) is 7.72. The van der Waals surface area contributed by atoms with Crippen LogP contribution in [0.4, 0.5) is 13.2 Å². The van der Waals surface area contributed by atoms with Gasteiger partial charge in [-0.2, -0.15) is 13.2 Å². The zero-order chi connectivity index (χ0) is 21.2. The highest BCUT2D eigenvalue weighted by Crippen LogP contribution is 2.66. The average molecular weight is 412 g/mol. The molecule has 29 heavy (non-hydrogen) atoms. The smallest absolute Gasteiger partial charge is 0.345 e. The molecule has 0 bridgehead atoms. The Morgan fingerprint density at radius 3 is 2.45 bits per heavy atom. The van der Waals surface area contributed by atoms with Crippen LogP contribution in [-0.4, -0.2) is 23.9 Å².